The van der Waals surface area contributed by atoms with Gasteiger partial charge in [-0.3, -0.25) is 9.18 Å². The Morgan fingerprint density at radius 2 is 2.00 bits per heavy atom. The Morgan fingerprint density at radius 3 is 2.43 bits per heavy atom. The Labute approximate surface area is 82.4 Å². The quantitative estimate of drug-likeness (QED) is 0.803. The molecule has 2 atom stereocenters. The van der Waals surface area contributed by atoms with Crippen LogP contribution in [0.2, 0.25) is 0 Å². The van der Waals surface area contributed by atoms with Crippen LogP contribution in [0.1, 0.15) is 18.4 Å². The van der Waals surface area contributed by atoms with Gasteiger partial charge in [0, 0.05) is 5.92 Å². The fraction of sp³-hybridized carbons (Fsp3) is 0.364. The van der Waals surface area contributed by atoms with Crippen LogP contribution in [0.25, 0.3) is 0 Å². The summed E-state index contributed by atoms with van der Waals surface area (Å²) >= 11 is 0. The Kier molecular flexibility index (Phi) is 3.63. The Hall–Kier alpha value is -1.38. The highest BCUT2D eigenvalue weighted by Crippen LogP contribution is 2.24. The zero-order valence-electron chi connectivity index (χ0n) is 7.98. The molecule has 0 saturated heterocycles. The van der Waals surface area contributed by atoms with Crippen molar-refractivity contribution in [3.8, 4) is 0 Å². The van der Waals surface area contributed by atoms with Gasteiger partial charge in [-0.15, -0.1) is 0 Å². The molecule has 0 aromatic heterocycles. The van der Waals surface area contributed by atoms with Gasteiger partial charge in [-0.2, -0.15) is 0 Å². The molecule has 3 heteroatoms. The van der Waals surface area contributed by atoms with Crippen LogP contribution in [-0.2, 0) is 4.79 Å². The number of carbonyl (C=O) groups is 1. The fourth-order valence-corrected chi connectivity index (χ4v) is 1.46. The number of hydrogen-bond donors (Lipinski definition) is 1. The minimum absolute atomic E-state index is 0.491. The minimum atomic E-state index is -0.971. The molecule has 0 aliphatic heterocycles. The second-order valence-electron chi connectivity index (χ2n) is 3.36. The predicted molar refractivity (Wildman–Crippen MR) is 52.0 cm³/mol. The number of hydrogen-bond acceptors (Lipinski definition) is 1. The van der Waals surface area contributed by atoms with Crippen molar-refractivity contribution >= 4 is 5.97 Å². The molecule has 0 heterocycles. The minimum Gasteiger partial charge on any atom is -0.481 e. The van der Waals surface area contributed by atoms with Gasteiger partial charge < -0.3 is 5.11 Å². The molecule has 0 fully saturated rings. The molecule has 1 aromatic carbocycles. The first-order valence-electron chi connectivity index (χ1n) is 4.50. The third kappa shape index (κ3) is 2.31. The van der Waals surface area contributed by atoms with Crippen molar-refractivity contribution in [3.63, 3.8) is 0 Å². The van der Waals surface area contributed by atoms with Crippen molar-refractivity contribution < 1.29 is 14.3 Å². The molecule has 1 aromatic rings. The monoisotopic (exact) mass is 196 g/mol. The molecule has 76 valence electrons. The summed E-state index contributed by atoms with van der Waals surface area (Å²) in [6.07, 6.45) is 0. The van der Waals surface area contributed by atoms with Crippen molar-refractivity contribution in [2.45, 2.75) is 12.8 Å². The van der Waals surface area contributed by atoms with E-state index >= 15 is 0 Å². The van der Waals surface area contributed by atoms with Crippen LogP contribution in [0.15, 0.2) is 30.3 Å². The highest BCUT2D eigenvalue weighted by molar-refractivity contribution is 5.76. The summed E-state index contributed by atoms with van der Waals surface area (Å²) in [6, 6.07) is 8.75. The van der Waals surface area contributed by atoms with E-state index in [4.69, 9.17) is 5.11 Å². The van der Waals surface area contributed by atoms with Gasteiger partial charge in [0.25, 0.3) is 0 Å². The average molecular weight is 196 g/mol. The van der Waals surface area contributed by atoms with E-state index in [1.165, 1.54) is 0 Å². The number of halogens is 1. The third-order valence-electron chi connectivity index (χ3n) is 2.24. The maximum Gasteiger partial charge on any atom is 0.311 e. The molecule has 0 amide bonds. The Bertz CT molecular complexity index is 297. The molecule has 0 aliphatic carbocycles. The van der Waals surface area contributed by atoms with Gasteiger partial charge in [-0.1, -0.05) is 37.3 Å². The summed E-state index contributed by atoms with van der Waals surface area (Å²) in [6.45, 7) is 0.984. The van der Waals surface area contributed by atoms with E-state index in [-0.39, 0.29) is 0 Å². The van der Waals surface area contributed by atoms with Gasteiger partial charge in [0.1, 0.15) is 0 Å². The van der Waals surface area contributed by atoms with Crippen LogP contribution in [0.3, 0.4) is 0 Å². The van der Waals surface area contributed by atoms with E-state index in [0.717, 1.165) is 0 Å². The number of aliphatic carboxylic acids is 1. The molecular weight excluding hydrogens is 183 g/mol. The molecule has 0 saturated carbocycles. The lowest BCUT2D eigenvalue weighted by molar-refractivity contribution is -0.140. The summed E-state index contributed by atoms with van der Waals surface area (Å²) < 4.78 is 12.4. The first kappa shape index (κ1) is 10.7. The largest absolute Gasteiger partial charge is 0.481 e. The molecule has 0 radical (unpaired) electrons. The van der Waals surface area contributed by atoms with Gasteiger partial charge >= 0.3 is 5.97 Å². The topological polar surface area (TPSA) is 37.3 Å². The molecule has 2 unspecified atom stereocenters. The van der Waals surface area contributed by atoms with Crippen molar-refractivity contribution in [1.82, 2.24) is 0 Å². The maximum atomic E-state index is 12.4. The standard InChI is InChI=1S/C11H13FO2/c1-8(7-12)10(11(13)14)9-5-3-2-4-6-9/h2-6,8,10H,7H2,1H3,(H,13,14). The zero-order valence-corrected chi connectivity index (χ0v) is 7.98. The molecule has 2 nitrogen and oxygen atoms in total. The molecule has 1 N–H and O–H groups in total. The number of rotatable bonds is 4. The van der Waals surface area contributed by atoms with Gasteiger partial charge in [-0.05, 0) is 5.56 Å². The van der Waals surface area contributed by atoms with Crippen molar-refractivity contribution in [2.75, 3.05) is 6.67 Å². The molecule has 0 bridgehead atoms. The molecule has 0 spiro atoms. The zero-order chi connectivity index (χ0) is 10.6. The molecule has 14 heavy (non-hydrogen) atoms. The number of carboxylic acid groups (broad SMARTS) is 1. The van der Waals surface area contributed by atoms with Crippen molar-refractivity contribution in [3.05, 3.63) is 35.9 Å². The van der Waals surface area contributed by atoms with E-state index in [0.29, 0.717) is 5.56 Å². The molecule has 0 aliphatic rings. The van der Waals surface area contributed by atoms with Crippen LogP contribution in [0, 0.1) is 5.92 Å². The number of carboxylic acids is 1. The predicted octanol–water partition coefficient (Wildman–Crippen LogP) is 2.46. The lowest BCUT2D eigenvalue weighted by atomic mass is 9.88. The highest BCUT2D eigenvalue weighted by Gasteiger charge is 2.25. The fourth-order valence-electron chi connectivity index (χ4n) is 1.46. The first-order chi connectivity index (χ1) is 6.66. The van der Waals surface area contributed by atoms with Crippen molar-refractivity contribution in [1.29, 1.82) is 0 Å². The van der Waals surface area contributed by atoms with Crippen LogP contribution in [-0.4, -0.2) is 17.8 Å². The summed E-state index contributed by atoms with van der Waals surface area (Å²) in [7, 11) is 0. The molecule has 1 rings (SSSR count). The average Bonchev–Trinajstić information content (AvgIpc) is 2.19. The highest BCUT2D eigenvalue weighted by atomic mass is 19.1. The van der Waals surface area contributed by atoms with E-state index in [1.807, 2.05) is 6.07 Å². The summed E-state index contributed by atoms with van der Waals surface area (Å²) in [5.74, 6) is -2.21. The van der Waals surface area contributed by atoms with E-state index in [2.05, 4.69) is 0 Å². The number of benzene rings is 1. The molecular formula is C11H13FO2. The number of alkyl halides is 1. The van der Waals surface area contributed by atoms with Gasteiger partial charge in [0.15, 0.2) is 0 Å². The van der Waals surface area contributed by atoms with Gasteiger partial charge in [0.05, 0.1) is 12.6 Å². The lowest BCUT2D eigenvalue weighted by Crippen LogP contribution is -2.20. The summed E-state index contributed by atoms with van der Waals surface area (Å²) in [4.78, 5) is 10.9. The summed E-state index contributed by atoms with van der Waals surface area (Å²) in [5, 5.41) is 8.96. The Morgan fingerprint density at radius 1 is 1.43 bits per heavy atom. The smallest absolute Gasteiger partial charge is 0.311 e. The van der Waals surface area contributed by atoms with E-state index < -0.39 is 24.5 Å². The normalized spacial score (nSPS) is 14.7. The second-order valence-corrected chi connectivity index (χ2v) is 3.36. The van der Waals surface area contributed by atoms with Gasteiger partial charge in [0.2, 0.25) is 0 Å². The maximum absolute atomic E-state index is 12.4. The first-order valence-corrected chi connectivity index (χ1v) is 4.50. The van der Waals surface area contributed by atoms with Crippen LogP contribution in [0.5, 0.6) is 0 Å². The van der Waals surface area contributed by atoms with E-state index in [9.17, 15) is 9.18 Å². The third-order valence-corrected chi connectivity index (χ3v) is 2.24. The van der Waals surface area contributed by atoms with Crippen molar-refractivity contribution in [2.24, 2.45) is 5.92 Å². The van der Waals surface area contributed by atoms with Crippen LogP contribution >= 0.6 is 0 Å². The summed E-state index contributed by atoms with van der Waals surface area (Å²) in [5.41, 5.74) is 0.658. The van der Waals surface area contributed by atoms with E-state index in [1.54, 1.807) is 31.2 Å². The van der Waals surface area contributed by atoms with Gasteiger partial charge in [-0.25, -0.2) is 0 Å². The SMILES string of the molecule is CC(CF)C(C(=O)O)c1ccccc1. The van der Waals surface area contributed by atoms with Crippen LogP contribution in [0.4, 0.5) is 4.39 Å². The Balaban J connectivity index is 2.95. The lowest BCUT2D eigenvalue weighted by Gasteiger charge is -2.17. The van der Waals surface area contributed by atoms with Crippen LogP contribution < -0.4 is 0 Å². The second kappa shape index (κ2) is 4.74.